The Hall–Kier alpha value is -1.16. The molecule has 1 N–H and O–H groups in total. The van der Waals surface area contributed by atoms with Gasteiger partial charge in [0.2, 0.25) is 6.54 Å². The van der Waals surface area contributed by atoms with Crippen LogP contribution in [0.4, 0.5) is 0 Å². The Balaban J connectivity index is 1.93. The van der Waals surface area contributed by atoms with Crippen LogP contribution in [0.2, 0.25) is 0 Å². The van der Waals surface area contributed by atoms with Gasteiger partial charge in [0.05, 0.1) is 10.9 Å². The standard InChI is InChI=1S/C10H14N3O/c14-13-7-8-4-6-12-5-2-1-3-9(12)10(8)11-13/h1-2,9H,3-7H2,(H,11,14)/q+1. The Morgan fingerprint density at radius 2 is 2.43 bits per heavy atom. The fourth-order valence-corrected chi connectivity index (χ4v) is 2.57. The molecule has 0 spiro atoms. The second kappa shape index (κ2) is 2.92. The van der Waals surface area contributed by atoms with E-state index >= 15 is 0 Å². The summed E-state index contributed by atoms with van der Waals surface area (Å²) in [5.41, 5.74) is 5.43. The minimum atomic E-state index is 0.433. The van der Waals surface area contributed by atoms with Crippen LogP contribution < -0.4 is 5.43 Å². The van der Waals surface area contributed by atoms with Gasteiger partial charge in [0, 0.05) is 18.7 Å². The van der Waals surface area contributed by atoms with E-state index in [0.29, 0.717) is 12.6 Å². The van der Waals surface area contributed by atoms with Crippen LogP contribution in [0.15, 0.2) is 23.4 Å². The zero-order chi connectivity index (χ0) is 9.54. The molecule has 0 fully saturated rings. The number of hydrazine groups is 1. The van der Waals surface area contributed by atoms with Gasteiger partial charge in [-0.25, -0.2) is 0 Å². The first-order valence-corrected chi connectivity index (χ1v) is 5.17. The normalized spacial score (nSPS) is 31.4. The molecule has 0 amide bonds. The van der Waals surface area contributed by atoms with E-state index in [2.05, 4.69) is 22.5 Å². The van der Waals surface area contributed by atoms with Crippen molar-refractivity contribution in [3.8, 4) is 0 Å². The van der Waals surface area contributed by atoms with Crippen molar-refractivity contribution in [1.82, 2.24) is 10.3 Å². The zero-order valence-electron chi connectivity index (χ0n) is 8.07. The second-order valence-electron chi connectivity index (χ2n) is 4.13. The van der Waals surface area contributed by atoms with Crippen molar-refractivity contribution in [2.24, 2.45) is 0 Å². The third-order valence-corrected chi connectivity index (χ3v) is 3.30. The van der Waals surface area contributed by atoms with Gasteiger partial charge in [-0.1, -0.05) is 12.2 Å². The largest absolute Gasteiger partial charge is 0.290 e. The lowest BCUT2D eigenvalue weighted by Crippen LogP contribution is -2.45. The van der Waals surface area contributed by atoms with E-state index in [0.717, 1.165) is 30.8 Å². The van der Waals surface area contributed by atoms with E-state index < -0.39 is 0 Å². The number of rotatable bonds is 0. The molecule has 0 aromatic rings. The minimum absolute atomic E-state index is 0.433. The van der Waals surface area contributed by atoms with Crippen LogP contribution in [0.25, 0.3) is 0 Å². The first-order valence-electron chi connectivity index (χ1n) is 5.17. The van der Waals surface area contributed by atoms with Crippen molar-refractivity contribution in [3.05, 3.63) is 28.3 Å². The van der Waals surface area contributed by atoms with Crippen LogP contribution in [-0.2, 0) is 0 Å². The van der Waals surface area contributed by atoms with Gasteiger partial charge in [-0.05, 0) is 12.8 Å². The van der Waals surface area contributed by atoms with E-state index in [4.69, 9.17) is 0 Å². The summed E-state index contributed by atoms with van der Waals surface area (Å²) in [6.45, 7) is 2.69. The van der Waals surface area contributed by atoms with E-state index in [-0.39, 0.29) is 0 Å². The first kappa shape index (κ1) is 8.17. The summed E-state index contributed by atoms with van der Waals surface area (Å²) in [6, 6.07) is 0.433. The molecule has 3 aliphatic rings. The number of fused-ring (bicyclic) bond motifs is 2. The van der Waals surface area contributed by atoms with E-state index in [1.165, 1.54) is 11.3 Å². The topological polar surface area (TPSA) is 35.4 Å². The Kier molecular flexibility index (Phi) is 1.70. The summed E-state index contributed by atoms with van der Waals surface area (Å²) in [7, 11) is 0. The summed E-state index contributed by atoms with van der Waals surface area (Å²) >= 11 is 0. The molecular weight excluding hydrogens is 178 g/mol. The molecule has 4 nitrogen and oxygen atoms in total. The van der Waals surface area contributed by atoms with E-state index in [1.807, 2.05) is 0 Å². The molecule has 3 aliphatic heterocycles. The molecule has 4 heteroatoms. The monoisotopic (exact) mass is 192 g/mol. The predicted molar refractivity (Wildman–Crippen MR) is 52.4 cm³/mol. The van der Waals surface area contributed by atoms with Gasteiger partial charge in [-0.3, -0.25) is 4.90 Å². The maximum atomic E-state index is 11.2. The molecule has 0 radical (unpaired) electrons. The highest BCUT2D eigenvalue weighted by atomic mass is 16.3. The molecule has 0 bridgehead atoms. The fraction of sp³-hybridized carbons (Fsp3) is 0.600. The molecule has 1 unspecified atom stereocenters. The molecule has 14 heavy (non-hydrogen) atoms. The van der Waals surface area contributed by atoms with Gasteiger partial charge in [-0.2, -0.15) is 0 Å². The number of nitroso groups, excluding NO2 is 1. The van der Waals surface area contributed by atoms with Crippen LogP contribution in [-0.4, -0.2) is 35.4 Å². The molecule has 3 heterocycles. The van der Waals surface area contributed by atoms with Gasteiger partial charge >= 0.3 is 0 Å². The highest BCUT2D eigenvalue weighted by Crippen LogP contribution is 2.29. The molecule has 3 rings (SSSR count). The van der Waals surface area contributed by atoms with Crippen molar-refractivity contribution in [1.29, 1.82) is 0 Å². The first-order chi connectivity index (χ1) is 6.84. The quantitative estimate of drug-likeness (QED) is 0.450. The van der Waals surface area contributed by atoms with Crippen LogP contribution in [0, 0.1) is 4.91 Å². The SMILES string of the molecule is O=[N+]1CC2=C(N1)C1CC=CCN1CC2. The number of hydrogen-bond donors (Lipinski definition) is 1. The average molecular weight is 192 g/mol. The highest BCUT2D eigenvalue weighted by molar-refractivity contribution is 5.26. The maximum Gasteiger partial charge on any atom is 0.248 e. The summed E-state index contributed by atoms with van der Waals surface area (Å²) in [4.78, 5) is 14.6. The van der Waals surface area contributed by atoms with Crippen LogP contribution >= 0.6 is 0 Å². The summed E-state index contributed by atoms with van der Waals surface area (Å²) < 4.78 is 0. The Bertz CT molecular complexity index is 345. The van der Waals surface area contributed by atoms with Gasteiger partial charge < -0.3 is 0 Å². The lowest BCUT2D eigenvalue weighted by Gasteiger charge is -2.35. The Morgan fingerprint density at radius 1 is 1.50 bits per heavy atom. The van der Waals surface area contributed by atoms with Crippen molar-refractivity contribution >= 4 is 0 Å². The molecule has 0 saturated carbocycles. The lowest BCUT2D eigenvalue weighted by molar-refractivity contribution is -0.583. The van der Waals surface area contributed by atoms with Gasteiger partial charge in [0.1, 0.15) is 10.6 Å². The number of nitrogens with zero attached hydrogens (tertiary/aromatic N) is 2. The Morgan fingerprint density at radius 3 is 3.36 bits per heavy atom. The van der Waals surface area contributed by atoms with Gasteiger partial charge in [0.25, 0.3) is 0 Å². The van der Waals surface area contributed by atoms with Crippen molar-refractivity contribution < 1.29 is 4.87 Å². The van der Waals surface area contributed by atoms with E-state index in [1.54, 1.807) is 0 Å². The minimum Gasteiger partial charge on any atom is -0.290 e. The third kappa shape index (κ3) is 1.10. The van der Waals surface area contributed by atoms with E-state index in [9.17, 15) is 4.91 Å². The van der Waals surface area contributed by atoms with Gasteiger partial charge in [0.15, 0.2) is 0 Å². The number of nitrogens with one attached hydrogen (secondary N) is 1. The molecule has 74 valence electrons. The smallest absolute Gasteiger partial charge is 0.248 e. The third-order valence-electron chi connectivity index (χ3n) is 3.30. The summed E-state index contributed by atoms with van der Waals surface area (Å²) in [5.74, 6) is 0. The van der Waals surface area contributed by atoms with Gasteiger partial charge in [-0.15, -0.1) is 5.43 Å². The Labute approximate surface area is 82.8 Å². The molecular formula is C10H14N3O+. The van der Waals surface area contributed by atoms with Crippen molar-refractivity contribution in [2.45, 2.75) is 18.9 Å². The molecule has 0 aromatic carbocycles. The second-order valence-corrected chi connectivity index (χ2v) is 4.13. The fourth-order valence-electron chi connectivity index (χ4n) is 2.57. The van der Waals surface area contributed by atoms with Crippen molar-refractivity contribution in [2.75, 3.05) is 19.6 Å². The lowest BCUT2D eigenvalue weighted by atomic mass is 9.95. The highest BCUT2D eigenvalue weighted by Gasteiger charge is 2.38. The van der Waals surface area contributed by atoms with Crippen LogP contribution in [0.1, 0.15) is 12.8 Å². The summed E-state index contributed by atoms with van der Waals surface area (Å²) in [5, 5.41) is 0. The zero-order valence-corrected chi connectivity index (χ0v) is 8.07. The maximum absolute atomic E-state index is 11.2. The van der Waals surface area contributed by atoms with Crippen LogP contribution in [0.5, 0.6) is 0 Å². The molecule has 0 aromatic heterocycles. The molecule has 0 saturated heterocycles. The van der Waals surface area contributed by atoms with Crippen molar-refractivity contribution in [3.63, 3.8) is 0 Å². The number of hydrogen-bond acceptors (Lipinski definition) is 2. The molecule has 1 atom stereocenters. The average Bonchev–Trinajstić information content (AvgIpc) is 2.59. The van der Waals surface area contributed by atoms with Crippen LogP contribution in [0.3, 0.4) is 0 Å². The molecule has 0 aliphatic carbocycles. The predicted octanol–water partition coefficient (Wildman–Crippen LogP) is 0.572. The summed E-state index contributed by atoms with van der Waals surface area (Å²) in [6.07, 6.45) is 6.52.